The highest BCUT2D eigenvalue weighted by Crippen LogP contribution is 2.12. The Bertz CT molecular complexity index is 248. The first-order valence-corrected chi connectivity index (χ1v) is 6.86. The van der Waals surface area contributed by atoms with Crippen molar-refractivity contribution in [3.8, 4) is 0 Å². The molecule has 0 bridgehead atoms. The van der Waals surface area contributed by atoms with E-state index in [4.69, 9.17) is 5.11 Å². The van der Waals surface area contributed by atoms with Crippen molar-refractivity contribution in [1.82, 2.24) is 0 Å². The van der Waals surface area contributed by atoms with E-state index < -0.39 is 5.97 Å². The first-order valence-electron chi connectivity index (χ1n) is 6.86. The molecule has 0 spiro atoms. The molecule has 4 nitrogen and oxygen atoms in total. The van der Waals surface area contributed by atoms with Crippen molar-refractivity contribution in [2.24, 2.45) is 0 Å². The van der Waals surface area contributed by atoms with Gasteiger partial charge in [0.1, 0.15) is 0 Å². The number of unbranched alkanes of at least 4 members (excludes halogenated alkanes) is 4. The fourth-order valence-corrected chi connectivity index (χ4v) is 1.91. The van der Waals surface area contributed by atoms with Gasteiger partial charge in [0.25, 0.3) is 0 Å². The van der Waals surface area contributed by atoms with Crippen LogP contribution in [0.15, 0.2) is 11.8 Å². The number of hydrogen-bond acceptors (Lipinski definition) is 3. The van der Waals surface area contributed by atoms with E-state index in [0.717, 1.165) is 57.4 Å². The van der Waals surface area contributed by atoms with E-state index in [9.17, 15) is 15.0 Å². The van der Waals surface area contributed by atoms with Crippen LogP contribution in [0.1, 0.15) is 64.7 Å². The zero-order valence-corrected chi connectivity index (χ0v) is 11.3. The lowest BCUT2D eigenvalue weighted by atomic mass is 10.0. The molecule has 0 aliphatic carbocycles. The molecule has 0 aliphatic rings. The van der Waals surface area contributed by atoms with E-state index in [1.54, 1.807) is 0 Å². The van der Waals surface area contributed by atoms with Gasteiger partial charge in [0, 0.05) is 6.42 Å². The van der Waals surface area contributed by atoms with E-state index >= 15 is 0 Å². The number of carboxylic acids is 1. The van der Waals surface area contributed by atoms with Gasteiger partial charge in [-0.25, -0.2) is 4.79 Å². The maximum Gasteiger partial charge on any atom is 0.331 e. The molecule has 0 aliphatic heterocycles. The lowest BCUT2D eigenvalue weighted by Gasteiger charge is -2.08. The Morgan fingerprint density at radius 2 is 1.67 bits per heavy atom. The molecule has 0 fully saturated rings. The molecular formula is C14H26O4. The molecule has 0 saturated heterocycles. The van der Waals surface area contributed by atoms with Crippen LogP contribution in [0.3, 0.4) is 0 Å². The van der Waals surface area contributed by atoms with Crippen LogP contribution in [-0.2, 0) is 4.79 Å². The summed E-state index contributed by atoms with van der Waals surface area (Å²) >= 11 is 0. The predicted octanol–water partition coefficient (Wildman–Crippen LogP) is 3.40. The second-order valence-electron chi connectivity index (χ2n) is 4.72. The van der Waals surface area contributed by atoms with Crippen molar-refractivity contribution < 1.29 is 20.1 Å². The van der Waals surface area contributed by atoms with Crippen LogP contribution < -0.4 is 0 Å². The molecule has 0 rings (SSSR count). The van der Waals surface area contributed by atoms with Crippen molar-refractivity contribution in [3.05, 3.63) is 11.8 Å². The Hall–Kier alpha value is -1.03. The molecule has 0 aromatic heterocycles. The molecule has 18 heavy (non-hydrogen) atoms. The second-order valence-corrected chi connectivity index (χ2v) is 4.72. The van der Waals surface area contributed by atoms with Gasteiger partial charge in [-0.05, 0) is 19.3 Å². The van der Waals surface area contributed by atoms with Crippen LogP contribution in [0.5, 0.6) is 0 Å². The summed E-state index contributed by atoms with van der Waals surface area (Å²) in [5.41, 5.74) is 0. The topological polar surface area (TPSA) is 77.8 Å². The Kier molecular flexibility index (Phi) is 10.4. The van der Waals surface area contributed by atoms with Crippen molar-refractivity contribution in [2.45, 2.75) is 70.8 Å². The minimum atomic E-state index is -1.10. The average molecular weight is 258 g/mol. The first-order chi connectivity index (χ1) is 8.56. The smallest absolute Gasteiger partial charge is 0.331 e. The molecule has 0 radical (unpaired) electrons. The van der Waals surface area contributed by atoms with E-state index in [1.807, 2.05) is 0 Å². The van der Waals surface area contributed by atoms with Crippen LogP contribution in [0.25, 0.3) is 0 Å². The number of carboxylic acid groups (broad SMARTS) is 1. The Balaban J connectivity index is 3.33. The van der Waals surface area contributed by atoms with Crippen molar-refractivity contribution in [2.75, 3.05) is 0 Å². The lowest BCUT2D eigenvalue weighted by Crippen LogP contribution is -2.04. The number of carbonyl (C=O) groups is 1. The van der Waals surface area contributed by atoms with Gasteiger partial charge in [-0.15, -0.1) is 0 Å². The summed E-state index contributed by atoms with van der Waals surface area (Å²) in [6.07, 6.45) is 8.90. The molecule has 0 saturated carbocycles. The van der Waals surface area contributed by atoms with Gasteiger partial charge in [0.2, 0.25) is 0 Å². The van der Waals surface area contributed by atoms with Crippen molar-refractivity contribution in [3.63, 3.8) is 0 Å². The maximum atomic E-state index is 10.2. The summed E-state index contributed by atoms with van der Waals surface area (Å²) in [7, 11) is 0. The van der Waals surface area contributed by atoms with Gasteiger partial charge in [0.05, 0.1) is 17.9 Å². The number of hydrogen-bond donors (Lipinski definition) is 3. The van der Waals surface area contributed by atoms with Crippen LogP contribution in [0, 0.1) is 0 Å². The fraction of sp³-hybridized carbons (Fsp3) is 0.786. The van der Waals surface area contributed by atoms with Gasteiger partial charge in [-0.3, -0.25) is 0 Å². The fourth-order valence-electron chi connectivity index (χ4n) is 1.91. The SMILES string of the molecule is CCCC(O)CCCCCCCC(O)=CC(=O)O. The van der Waals surface area contributed by atoms with Crippen molar-refractivity contribution in [1.29, 1.82) is 0 Å². The molecule has 1 unspecified atom stereocenters. The van der Waals surface area contributed by atoms with Gasteiger partial charge < -0.3 is 15.3 Å². The molecule has 4 heteroatoms. The van der Waals surface area contributed by atoms with Gasteiger partial charge in [-0.2, -0.15) is 0 Å². The van der Waals surface area contributed by atoms with Crippen LogP contribution in [0.4, 0.5) is 0 Å². The Morgan fingerprint density at radius 3 is 2.28 bits per heavy atom. The van der Waals surface area contributed by atoms with Gasteiger partial charge in [-0.1, -0.05) is 39.0 Å². The van der Waals surface area contributed by atoms with Gasteiger partial charge in [0.15, 0.2) is 0 Å². The quantitative estimate of drug-likeness (QED) is 0.301. The highest BCUT2D eigenvalue weighted by atomic mass is 16.4. The minimum Gasteiger partial charge on any atom is -0.512 e. The predicted molar refractivity (Wildman–Crippen MR) is 71.6 cm³/mol. The third-order valence-electron chi connectivity index (χ3n) is 2.88. The van der Waals surface area contributed by atoms with E-state index in [-0.39, 0.29) is 11.9 Å². The van der Waals surface area contributed by atoms with Crippen LogP contribution >= 0.6 is 0 Å². The largest absolute Gasteiger partial charge is 0.512 e. The van der Waals surface area contributed by atoms with E-state index in [0.29, 0.717) is 6.42 Å². The summed E-state index contributed by atoms with van der Waals surface area (Å²) < 4.78 is 0. The zero-order chi connectivity index (χ0) is 13.8. The number of rotatable bonds is 11. The average Bonchev–Trinajstić information content (AvgIpc) is 2.27. The monoisotopic (exact) mass is 258 g/mol. The zero-order valence-electron chi connectivity index (χ0n) is 11.3. The number of allylic oxidation sites excluding steroid dienone is 1. The summed E-state index contributed by atoms with van der Waals surface area (Å²) in [6.45, 7) is 2.07. The van der Waals surface area contributed by atoms with Crippen LogP contribution in [0.2, 0.25) is 0 Å². The molecule has 0 amide bonds. The lowest BCUT2D eigenvalue weighted by molar-refractivity contribution is -0.131. The Morgan fingerprint density at radius 1 is 1.06 bits per heavy atom. The highest BCUT2D eigenvalue weighted by molar-refractivity contribution is 5.80. The van der Waals surface area contributed by atoms with E-state index in [1.165, 1.54) is 0 Å². The third-order valence-corrected chi connectivity index (χ3v) is 2.88. The Labute approximate surface area is 109 Å². The maximum absolute atomic E-state index is 10.2. The highest BCUT2D eigenvalue weighted by Gasteiger charge is 2.02. The van der Waals surface area contributed by atoms with E-state index in [2.05, 4.69) is 6.92 Å². The minimum absolute atomic E-state index is 0.0548. The third kappa shape index (κ3) is 11.5. The normalized spacial score (nSPS) is 13.6. The van der Waals surface area contributed by atoms with Crippen molar-refractivity contribution >= 4 is 5.97 Å². The summed E-state index contributed by atoms with van der Waals surface area (Å²) in [6, 6.07) is 0. The number of aliphatic hydroxyl groups is 2. The molecule has 1 atom stereocenters. The summed E-state index contributed by atoms with van der Waals surface area (Å²) in [5.74, 6) is -1.15. The molecule has 0 heterocycles. The standard InChI is InChI=1S/C14H26O4/c1-2-8-12(15)9-6-4-3-5-7-10-13(16)11-14(17)18/h11-12,15-16H,2-10H2,1H3,(H,17,18). The first kappa shape index (κ1) is 17.0. The second kappa shape index (κ2) is 11.1. The number of aliphatic hydroxyl groups excluding tert-OH is 2. The molecule has 0 aromatic rings. The van der Waals surface area contributed by atoms with Gasteiger partial charge >= 0.3 is 5.97 Å². The molecular weight excluding hydrogens is 232 g/mol. The molecule has 106 valence electrons. The molecule has 3 N–H and O–H groups in total. The summed E-state index contributed by atoms with van der Waals surface area (Å²) in [4.78, 5) is 10.2. The summed E-state index contributed by atoms with van der Waals surface area (Å²) in [5, 5.41) is 27.1. The molecule has 0 aromatic carbocycles. The van der Waals surface area contributed by atoms with Crippen LogP contribution in [-0.4, -0.2) is 27.4 Å². The number of aliphatic carboxylic acids is 1.